The van der Waals surface area contributed by atoms with Gasteiger partial charge in [-0.15, -0.1) is 0 Å². The van der Waals surface area contributed by atoms with Crippen LogP contribution in [0.4, 0.5) is 0 Å². The van der Waals surface area contributed by atoms with Crippen molar-refractivity contribution in [2.45, 2.75) is 51.6 Å². The van der Waals surface area contributed by atoms with Crippen LogP contribution in [0, 0.1) is 17.3 Å². The van der Waals surface area contributed by atoms with Crippen LogP contribution in [0.25, 0.3) is 12.2 Å². The minimum absolute atomic E-state index is 0.293. The molecule has 0 radical (unpaired) electrons. The third kappa shape index (κ3) is 5.09. The molecule has 0 heterocycles. The van der Waals surface area contributed by atoms with Crippen molar-refractivity contribution in [3.05, 3.63) is 118 Å². The maximum Gasteiger partial charge on any atom is 0.248 e. The Morgan fingerprint density at radius 1 is 1.02 bits per heavy atom. The molecule has 3 aromatic rings. The average Bonchev–Trinajstić information content (AvgIpc) is 3.22. The molecule has 1 amide bonds. The largest absolute Gasteiger partial charge is 0.373 e. The van der Waals surface area contributed by atoms with Crippen molar-refractivity contribution >= 4 is 23.8 Å². The number of primary amides is 1. The summed E-state index contributed by atoms with van der Waals surface area (Å²) in [4.78, 5) is 25.3. The molecule has 0 spiro atoms. The van der Waals surface area contributed by atoms with Crippen LogP contribution in [0.1, 0.15) is 76.7 Å². The Labute approximate surface area is 236 Å². The van der Waals surface area contributed by atoms with Crippen LogP contribution < -0.4 is 5.73 Å². The van der Waals surface area contributed by atoms with Crippen molar-refractivity contribution in [2.75, 3.05) is 6.61 Å². The molecule has 3 aromatic carbocycles. The van der Waals surface area contributed by atoms with Crippen molar-refractivity contribution in [1.29, 1.82) is 0 Å². The van der Waals surface area contributed by atoms with Crippen LogP contribution in [0.15, 0.2) is 84.4 Å². The Bertz CT molecular complexity index is 1490. The van der Waals surface area contributed by atoms with Gasteiger partial charge in [-0.1, -0.05) is 79.7 Å². The van der Waals surface area contributed by atoms with Crippen LogP contribution in [0.5, 0.6) is 0 Å². The number of carbonyl (C=O) groups is 2. The highest BCUT2D eigenvalue weighted by molar-refractivity contribution is 6.06. The normalized spacial score (nSPS) is 26.5. The van der Waals surface area contributed by atoms with Crippen LogP contribution in [-0.4, -0.2) is 18.3 Å². The van der Waals surface area contributed by atoms with Crippen LogP contribution in [-0.2, 0) is 22.6 Å². The van der Waals surface area contributed by atoms with Gasteiger partial charge in [-0.3, -0.25) is 9.59 Å². The highest BCUT2D eigenvalue weighted by Crippen LogP contribution is 2.60. The molecule has 0 saturated heterocycles. The lowest BCUT2D eigenvalue weighted by Crippen LogP contribution is -2.42. The van der Waals surface area contributed by atoms with E-state index in [1.54, 1.807) is 12.1 Å². The van der Waals surface area contributed by atoms with Crippen LogP contribution in [0.3, 0.4) is 0 Å². The summed E-state index contributed by atoms with van der Waals surface area (Å²) < 4.78 is 5.81. The number of nitrogens with two attached hydrogens (primary N) is 1. The van der Waals surface area contributed by atoms with E-state index in [0.29, 0.717) is 42.3 Å². The van der Waals surface area contributed by atoms with E-state index >= 15 is 0 Å². The zero-order chi connectivity index (χ0) is 27.7. The first-order valence-electron chi connectivity index (χ1n) is 14.5. The molecule has 2 fully saturated rings. The molecule has 0 aromatic heterocycles. The molecule has 2 saturated carbocycles. The number of ether oxygens (including phenoxy) is 1. The second-order valence-corrected chi connectivity index (χ2v) is 11.9. The first kappa shape index (κ1) is 26.5. The van der Waals surface area contributed by atoms with Crippen LogP contribution in [0.2, 0.25) is 0 Å². The maximum absolute atomic E-state index is 13.7. The predicted molar refractivity (Wildman–Crippen MR) is 160 cm³/mol. The molecule has 3 aliphatic carbocycles. The highest BCUT2D eigenvalue weighted by atomic mass is 16.5. The topological polar surface area (TPSA) is 69.4 Å². The summed E-state index contributed by atoms with van der Waals surface area (Å²) in [5, 5.41) is 0. The summed E-state index contributed by atoms with van der Waals surface area (Å²) in [5.74, 6) is 1.24. The summed E-state index contributed by atoms with van der Waals surface area (Å²) in [5.41, 5.74) is 12.8. The first-order chi connectivity index (χ1) is 19.4. The number of rotatable bonds is 7. The van der Waals surface area contributed by atoms with Gasteiger partial charge in [-0.2, -0.15) is 0 Å². The minimum Gasteiger partial charge on any atom is -0.373 e. The van der Waals surface area contributed by atoms with Gasteiger partial charge >= 0.3 is 0 Å². The summed E-state index contributed by atoms with van der Waals surface area (Å²) in [7, 11) is 0. The molecule has 0 bridgehead atoms. The minimum atomic E-state index is -0.447. The summed E-state index contributed by atoms with van der Waals surface area (Å²) >= 11 is 0. The van der Waals surface area contributed by atoms with Gasteiger partial charge in [-0.25, -0.2) is 0 Å². The number of benzene rings is 3. The van der Waals surface area contributed by atoms with Gasteiger partial charge in [0.05, 0.1) is 13.2 Å². The van der Waals surface area contributed by atoms with E-state index in [0.717, 1.165) is 43.2 Å². The van der Waals surface area contributed by atoms with Gasteiger partial charge in [0.2, 0.25) is 5.91 Å². The van der Waals surface area contributed by atoms with Gasteiger partial charge in [0.1, 0.15) is 0 Å². The first-order valence-corrected chi connectivity index (χ1v) is 14.5. The number of hydrogen-bond donors (Lipinski definition) is 1. The number of allylic oxidation sites excluding steroid dienone is 1. The van der Waals surface area contributed by atoms with E-state index in [2.05, 4.69) is 49.4 Å². The fourth-order valence-electron chi connectivity index (χ4n) is 7.49. The average molecular weight is 532 g/mol. The second kappa shape index (κ2) is 11.0. The van der Waals surface area contributed by atoms with Crippen molar-refractivity contribution < 1.29 is 14.3 Å². The number of aryl methyl sites for hydroxylation is 1. The maximum atomic E-state index is 13.7. The lowest BCUT2D eigenvalue weighted by atomic mass is 9.55. The second-order valence-electron chi connectivity index (χ2n) is 11.9. The molecule has 0 aliphatic heterocycles. The lowest BCUT2D eigenvalue weighted by molar-refractivity contribution is -0.127. The summed E-state index contributed by atoms with van der Waals surface area (Å²) in [6.45, 7) is 3.41. The fraction of sp³-hybridized carbons (Fsp3) is 0.333. The van der Waals surface area contributed by atoms with Gasteiger partial charge in [-0.05, 0) is 101 Å². The summed E-state index contributed by atoms with van der Waals surface area (Å²) in [6.07, 6.45) is 11.2. The van der Waals surface area contributed by atoms with Gasteiger partial charge in [0.25, 0.3) is 0 Å². The molecule has 204 valence electrons. The smallest absolute Gasteiger partial charge is 0.248 e. The molecule has 4 unspecified atom stereocenters. The summed E-state index contributed by atoms with van der Waals surface area (Å²) in [6, 6.07) is 24.4. The van der Waals surface area contributed by atoms with E-state index in [9.17, 15) is 9.59 Å². The van der Waals surface area contributed by atoms with Crippen molar-refractivity contribution in [3.63, 3.8) is 0 Å². The Morgan fingerprint density at radius 3 is 2.70 bits per heavy atom. The number of amides is 1. The molecule has 40 heavy (non-hydrogen) atoms. The Hall–Kier alpha value is -3.76. The van der Waals surface area contributed by atoms with E-state index < -0.39 is 5.91 Å². The SMILES string of the molecule is CC12CCC3c4ccc(C=CCOCc5ccccc5)cc4CCC3C1CC(=Cc1cccc(C(N)=O)c1)C2=O. The predicted octanol–water partition coefficient (Wildman–Crippen LogP) is 7.13. The third-order valence-electron chi connectivity index (χ3n) is 9.54. The Morgan fingerprint density at radius 2 is 1.88 bits per heavy atom. The molecule has 3 aliphatic rings. The van der Waals surface area contributed by atoms with E-state index in [4.69, 9.17) is 10.5 Å². The zero-order valence-electron chi connectivity index (χ0n) is 23.1. The molecule has 2 N–H and O–H groups in total. The number of carbonyl (C=O) groups excluding carboxylic acids is 2. The molecule has 4 heteroatoms. The highest BCUT2D eigenvalue weighted by Gasteiger charge is 2.56. The van der Waals surface area contributed by atoms with E-state index in [1.165, 1.54) is 22.3 Å². The van der Waals surface area contributed by atoms with Gasteiger partial charge < -0.3 is 10.5 Å². The van der Waals surface area contributed by atoms with Gasteiger partial charge in [0.15, 0.2) is 5.78 Å². The van der Waals surface area contributed by atoms with Crippen molar-refractivity contribution in [3.8, 4) is 0 Å². The lowest BCUT2D eigenvalue weighted by Gasteiger charge is -2.48. The molecular weight excluding hydrogens is 494 g/mol. The quantitative estimate of drug-likeness (QED) is 0.260. The molecule has 4 atom stereocenters. The monoisotopic (exact) mass is 531 g/mol. The standard InChI is InChI=1S/C36H37NO3/c1-36-17-16-31-30-14-12-24(10-6-18-40-23-25-7-3-2-4-8-25)19-27(30)13-15-32(31)33(36)22-29(34(36)38)21-26-9-5-11-28(20-26)35(37)39/h2-12,14,19-21,31-33H,13,15-18,22-23H2,1H3,(H2,37,39). The van der Waals surface area contributed by atoms with E-state index in [-0.39, 0.29) is 5.41 Å². The number of ketones is 1. The zero-order valence-corrected chi connectivity index (χ0v) is 23.1. The number of hydrogen-bond acceptors (Lipinski definition) is 3. The van der Waals surface area contributed by atoms with Crippen molar-refractivity contribution in [2.24, 2.45) is 23.0 Å². The van der Waals surface area contributed by atoms with Crippen molar-refractivity contribution in [1.82, 2.24) is 0 Å². The van der Waals surface area contributed by atoms with Gasteiger partial charge in [0, 0.05) is 11.0 Å². The Balaban J connectivity index is 1.15. The van der Waals surface area contributed by atoms with Crippen LogP contribution >= 0.6 is 0 Å². The third-order valence-corrected chi connectivity index (χ3v) is 9.54. The fourth-order valence-corrected chi connectivity index (χ4v) is 7.49. The molecular formula is C36H37NO3. The van der Waals surface area contributed by atoms with E-state index in [1.807, 2.05) is 36.4 Å². The Kier molecular flexibility index (Phi) is 7.29. The molecule has 4 nitrogen and oxygen atoms in total. The molecule has 6 rings (SSSR count). The number of Topliss-reactive ketones (excluding diaryl/α,β-unsaturated/α-hetero) is 1. The number of fused-ring (bicyclic) bond motifs is 5.